The van der Waals surface area contributed by atoms with Gasteiger partial charge in [0.05, 0.1) is 0 Å². The Morgan fingerprint density at radius 2 is 2.00 bits per heavy atom. The summed E-state index contributed by atoms with van der Waals surface area (Å²) in [5.74, 6) is -2.64. The molecule has 1 saturated heterocycles. The van der Waals surface area contributed by atoms with E-state index in [4.69, 9.17) is 0 Å². The second-order valence-corrected chi connectivity index (χ2v) is 5.81. The number of carbonyl (C=O) groups excluding carboxylic acids is 1. The standard InChI is InChI=1S/C14H24F2N2O/c1-2-9-18(12-5-8-17-10-12)13(19)11-3-6-14(15,16)7-4-11/h11-12,17H,2-10H2,1H3. The zero-order valence-electron chi connectivity index (χ0n) is 11.6. The Labute approximate surface area is 113 Å². The summed E-state index contributed by atoms with van der Waals surface area (Å²) in [4.78, 5) is 14.5. The van der Waals surface area contributed by atoms with Gasteiger partial charge in [-0.3, -0.25) is 4.79 Å². The maximum atomic E-state index is 13.2. The summed E-state index contributed by atoms with van der Waals surface area (Å²) in [6, 6.07) is 0.259. The van der Waals surface area contributed by atoms with Gasteiger partial charge < -0.3 is 10.2 Å². The van der Waals surface area contributed by atoms with Gasteiger partial charge in [0.1, 0.15) is 0 Å². The number of nitrogens with one attached hydrogen (secondary N) is 1. The van der Waals surface area contributed by atoms with Crippen molar-refractivity contribution >= 4 is 5.91 Å². The molecule has 0 aromatic heterocycles. The van der Waals surface area contributed by atoms with Crippen molar-refractivity contribution in [3.63, 3.8) is 0 Å². The summed E-state index contributed by atoms with van der Waals surface area (Å²) < 4.78 is 26.3. The fraction of sp³-hybridized carbons (Fsp3) is 0.929. The van der Waals surface area contributed by atoms with E-state index in [1.54, 1.807) is 0 Å². The fourth-order valence-corrected chi connectivity index (χ4v) is 3.14. The highest BCUT2D eigenvalue weighted by Crippen LogP contribution is 2.37. The van der Waals surface area contributed by atoms with E-state index in [-0.39, 0.29) is 30.7 Å². The first-order valence-electron chi connectivity index (χ1n) is 7.42. The Kier molecular flexibility index (Phi) is 4.76. The molecule has 1 N–H and O–H groups in total. The first-order chi connectivity index (χ1) is 9.03. The van der Waals surface area contributed by atoms with Crippen LogP contribution in [0.15, 0.2) is 0 Å². The molecule has 5 heteroatoms. The van der Waals surface area contributed by atoms with Gasteiger partial charge in [-0.15, -0.1) is 0 Å². The van der Waals surface area contributed by atoms with Crippen molar-refractivity contribution in [3.8, 4) is 0 Å². The van der Waals surface area contributed by atoms with E-state index in [2.05, 4.69) is 12.2 Å². The van der Waals surface area contributed by atoms with Gasteiger partial charge in [0.25, 0.3) is 0 Å². The topological polar surface area (TPSA) is 32.3 Å². The summed E-state index contributed by atoms with van der Waals surface area (Å²) in [5.41, 5.74) is 0. The SMILES string of the molecule is CCCN(C(=O)C1CCC(F)(F)CC1)C1CCNC1. The Bertz CT molecular complexity index is 307. The van der Waals surface area contributed by atoms with Crippen LogP contribution in [0, 0.1) is 5.92 Å². The average Bonchev–Trinajstić information content (AvgIpc) is 2.89. The molecular formula is C14H24F2N2O. The van der Waals surface area contributed by atoms with Crippen molar-refractivity contribution in [2.75, 3.05) is 19.6 Å². The van der Waals surface area contributed by atoms with Crippen molar-refractivity contribution in [2.24, 2.45) is 5.92 Å². The van der Waals surface area contributed by atoms with Crippen molar-refractivity contribution in [1.82, 2.24) is 10.2 Å². The molecule has 2 rings (SSSR count). The largest absolute Gasteiger partial charge is 0.338 e. The number of hydrogen-bond donors (Lipinski definition) is 1. The van der Waals surface area contributed by atoms with Crippen LogP contribution in [-0.4, -0.2) is 42.4 Å². The molecule has 1 saturated carbocycles. The molecule has 0 radical (unpaired) electrons. The lowest BCUT2D eigenvalue weighted by Crippen LogP contribution is -2.46. The third kappa shape index (κ3) is 3.65. The van der Waals surface area contributed by atoms with Gasteiger partial charge in [0, 0.05) is 37.9 Å². The molecule has 3 nitrogen and oxygen atoms in total. The van der Waals surface area contributed by atoms with Gasteiger partial charge in [-0.1, -0.05) is 6.92 Å². The summed E-state index contributed by atoms with van der Waals surface area (Å²) in [6.07, 6.45) is 2.32. The minimum Gasteiger partial charge on any atom is -0.338 e. The van der Waals surface area contributed by atoms with Crippen LogP contribution in [0.4, 0.5) is 8.78 Å². The molecule has 0 aromatic carbocycles. The van der Waals surface area contributed by atoms with Crippen LogP contribution in [0.3, 0.4) is 0 Å². The van der Waals surface area contributed by atoms with Crippen LogP contribution in [0.2, 0.25) is 0 Å². The first kappa shape index (κ1) is 14.7. The van der Waals surface area contributed by atoms with Crippen molar-refractivity contribution in [3.05, 3.63) is 0 Å². The summed E-state index contributed by atoms with van der Waals surface area (Å²) >= 11 is 0. The van der Waals surface area contributed by atoms with Crippen LogP contribution in [0.25, 0.3) is 0 Å². The molecule has 110 valence electrons. The molecular weight excluding hydrogens is 250 g/mol. The summed E-state index contributed by atoms with van der Waals surface area (Å²) in [6.45, 7) is 4.59. The van der Waals surface area contributed by atoms with E-state index in [9.17, 15) is 13.6 Å². The molecule has 1 unspecified atom stereocenters. The predicted molar refractivity (Wildman–Crippen MR) is 70.2 cm³/mol. The molecule has 0 aromatic rings. The molecule has 2 fully saturated rings. The number of carbonyl (C=O) groups is 1. The first-order valence-corrected chi connectivity index (χ1v) is 7.42. The average molecular weight is 274 g/mol. The third-order valence-corrected chi connectivity index (χ3v) is 4.29. The second kappa shape index (κ2) is 6.16. The van der Waals surface area contributed by atoms with Crippen LogP contribution in [0.5, 0.6) is 0 Å². The maximum Gasteiger partial charge on any atom is 0.248 e. The van der Waals surface area contributed by atoms with Gasteiger partial charge in [-0.2, -0.15) is 0 Å². The van der Waals surface area contributed by atoms with Gasteiger partial charge in [-0.05, 0) is 32.2 Å². The number of hydrogen-bond acceptors (Lipinski definition) is 2. The van der Waals surface area contributed by atoms with Gasteiger partial charge in [0.2, 0.25) is 11.8 Å². The second-order valence-electron chi connectivity index (χ2n) is 5.81. The predicted octanol–water partition coefficient (Wildman–Crippen LogP) is 2.41. The molecule has 1 amide bonds. The van der Waals surface area contributed by atoms with E-state index >= 15 is 0 Å². The Morgan fingerprint density at radius 3 is 2.53 bits per heavy atom. The lowest BCUT2D eigenvalue weighted by atomic mass is 9.85. The number of alkyl halides is 2. The van der Waals surface area contributed by atoms with Gasteiger partial charge in [0.15, 0.2) is 0 Å². The van der Waals surface area contributed by atoms with Gasteiger partial charge >= 0.3 is 0 Å². The smallest absolute Gasteiger partial charge is 0.248 e. The van der Waals surface area contributed by atoms with E-state index in [1.807, 2.05) is 4.90 Å². The minimum absolute atomic E-state index is 0.103. The van der Waals surface area contributed by atoms with Crippen LogP contribution >= 0.6 is 0 Å². The molecule has 1 heterocycles. The quantitative estimate of drug-likeness (QED) is 0.854. The van der Waals surface area contributed by atoms with E-state index in [0.717, 1.165) is 32.5 Å². The number of nitrogens with zero attached hydrogens (tertiary/aromatic N) is 1. The number of amides is 1. The lowest BCUT2D eigenvalue weighted by molar-refractivity contribution is -0.141. The van der Waals surface area contributed by atoms with E-state index in [1.165, 1.54) is 0 Å². The highest BCUT2D eigenvalue weighted by Gasteiger charge is 2.39. The Hall–Kier alpha value is -0.710. The summed E-state index contributed by atoms with van der Waals surface area (Å²) in [7, 11) is 0. The Balaban J connectivity index is 1.95. The molecule has 2 aliphatic rings. The highest BCUT2D eigenvalue weighted by atomic mass is 19.3. The third-order valence-electron chi connectivity index (χ3n) is 4.29. The van der Waals surface area contributed by atoms with Crippen molar-refractivity contribution in [2.45, 2.75) is 57.4 Å². The molecule has 0 bridgehead atoms. The highest BCUT2D eigenvalue weighted by molar-refractivity contribution is 5.79. The van der Waals surface area contributed by atoms with E-state index in [0.29, 0.717) is 12.8 Å². The van der Waals surface area contributed by atoms with Gasteiger partial charge in [-0.25, -0.2) is 8.78 Å². The van der Waals surface area contributed by atoms with Crippen LogP contribution in [0.1, 0.15) is 45.4 Å². The zero-order valence-corrected chi connectivity index (χ0v) is 11.6. The molecule has 0 spiro atoms. The monoisotopic (exact) mass is 274 g/mol. The Morgan fingerprint density at radius 1 is 1.32 bits per heavy atom. The van der Waals surface area contributed by atoms with E-state index < -0.39 is 5.92 Å². The molecule has 19 heavy (non-hydrogen) atoms. The minimum atomic E-state index is -2.55. The van der Waals surface area contributed by atoms with Crippen molar-refractivity contribution in [1.29, 1.82) is 0 Å². The lowest BCUT2D eigenvalue weighted by Gasteiger charge is -2.35. The normalized spacial score (nSPS) is 27.4. The molecule has 1 aliphatic heterocycles. The van der Waals surface area contributed by atoms with Crippen molar-refractivity contribution < 1.29 is 13.6 Å². The molecule has 1 atom stereocenters. The number of rotatable bonds is 4. The van der Waals surface area contributed by atoms with Crippen LogP contribution in [-0.2, 0) is 4.79 Å². The molecule has 1 aliphatic carbocycles. The zero-order chi connectivity index (χ0) is 13.9. The fourth-order valence-electron chi connectivity index (χ4n) is 3.14. The number of halogens is 2. The summed E-state index contributed by atoms with van der Waals surface area (Å²) in [5, 5.41) is 3.27. The van der Waals surface area contributed by atoms with Crippen LogP contribution < -0.4 is 5.32 Å². The maximum absolute atomic E-state index is 13.2.